The lowest BCUT2D eigenvalue weighted by Gasteiger charge is -2.23. The topological polar surface area (TPSA) is 46.8 Å². The highest BCUT2D eigenvalue weighted by atomic mass is 35.5. The molecule has 0 aliphatic heterocycles. The van der Waals surface area contributed by atoms with Gasteiger partial charge in [-0.2, -0.15) is 0 Å². The highest BCUT2D eigenvalue weighted by Crippen LogP contribution is 2.32. The molecule has 128 valence electrons. The number of carbonyl (C=O) groups excluding carboxylic acids is 1. The first-order valence-corrected chi connectivity index (χ1v) is 8.60. The smallest absolute Gasteiger partial charge is 0.258 e. The van der Waals surface area contributed by atoms with E-state index in [9.17, 15) is 4.79 Å². The molecule has 2 heterocycles. The van der Waals surface area contributed by atoms with Gasteiger partial charge in [0.1, 0.15) is 11.4 Å². The van der Waals surface area contributed by atoms with E-state index in [0.717, 1.165) is 24.2 Å². The third-order valence-electron chi connectivity index (χ3n) is 4.47. The van der Waals surface area contributed by atoms with Crippen LogP contribution in [-0.2, 0) is 6.54 Å². The average Bonchev–Trinajstić information content (AvgIpc) is 3.40. The molecule has 4 rings (SSSR count). The Morgan fingerprint density at radius 2 is 2.20 bits per heavy atom. The maximum Gasteiger partial charge on any atom is 0.258 e. The van der Waals surface area contributed by atoms with Gasteiger partial charge in [-0.25, -0.2) is 4.98 Å². The van der Waals surface area contributed by atoms with Crippen molar-refractivity contribution >= 4 is 23.2 Å². The minimum atomic E-state index is -0.0623. The Kier molecular flexibility index (Phi) is 4.09. The van der Waals surface area contributed by atoms with E-state index in [2.05, 4.69) is 4.98 Å². The van der Waals surface area contributed by atoms with Crippen molar-refractivity contribution in [2.75, 3.05) is 7.11 Å². The van der Waals surface area contributed by atoms with E-state index >= 15 is 0 Å². The molecule has 1 saturated carbocycles. The quantitative estimate of drug-likeness (QED) is 0.699. The highest BCUT2D eigenvalue weighted by molar-refractivity contribution is 6.31. The highest BCUT2D eigenvalue weighted by Gasteiger charge is 2.34. The fourth-order valence-corrected chi connectivity index (χ4v) is 3.20. The minimum absolute atomic E-state index is 0.0623. The second-order valence-electron chi connectivity index (χ2n) is 6.19. The van der Waals surface area contributed by atoms with Crippen LogP contribution in [0.15, 0.2) is 48.8 Å². The summed E-state index contributed by atoms with van der Waals surface area (Å²) in [6, 6.07) is 11.2. The molecule has 1 aliphatic rings. The molecule has 1 aromatic carbocycles. The van der Waals surface area contributed by atoms with E-state index in [-0.39, 0.29) is 11.9 Å². The van der Waals surface area contributed by atoms with Crippen LogP contribution in [0.25, 0.3) is 5.65 Å². The Balaban J connectivity index is 1.68. The van der Waals surface area contributed by atoms with Crippen LogP contribution in [0.4, 0.5) is 0 Å². The minimum Gasteiger partial charge on any atom is -0.496 e. The number of hydrogen-bond acceptors (Lipinski definition) is 3. The summed E-state index contributed by atoms with van der Waals surface area (Å²) in [5, 5.41) is 0.523. The lowest BCUT2D eigenvalue weighted by atomic mass is 10.1. The number of methoxy groups -OCH3 is 1. The summed E-state index contributed by atoms with van der Waals surface area (Å²) in [6.45, 7) is 0.504. The van der Waals surface area contributed by atoms with E-state index < -0.39 is 0 Å². The number of fused-ring (bicyclic) bond motifs is 1. The van der Waals surface area contributed by atoms with Crippen LogP contribution in [0.3, 0.4) is 0 Å². The molecule has 1 amide bonds. The van der Waals surface area contributed by atoms with Gasteiger partial charge in [-0.15, -0.1) is 0 Å². The summed E-state index contributed by atoms with van der Waals surface area (Å²) >= 11 is 6.10. The number of carbonyl (C=O) groups is 1. The summed E-state index contributed by atoms with van der Waals surface area (Å²) in [4.78, 5) is 19.5. The van der Waals surface area contributed by atoms with Crippen molar-refractivity contribution in [3.8, 4) is 5.75 Å². The van der Waals surface area contributed by atoms with Gasteiger partial charge in [0, 0.05) is 17.3 Å². The van der Waals surface area contributed by atoms with Crippen molar-refractivity contribution in [1.82, 2.24) is 14.3 Å². The van der Waals surface area contributed by atoms with Gasteiger partial charge in [0.25, 0.3) is 5.91 Å². The van der Waals surface area contributed by atoms with Crippen LogP contribution in [0.5, 0.6) is 5.75 Å². The summed E-state index contributed by atoms with van der Waals surface area (Å²) in [5.74, 6) is 0.478. The van der Waals surface area contributed by atoms with E-state index in [1.807, 2.05) is 39.9 Å². The zero-order valence-corrected chi connectivity index (χ0v) is 14.6. The normalized spacial score (nSPS) is 13.8. The van der Waals surface area contributed by atoms with Crippen LogP contribution in [0.2, 0.25) is 5.02 Å². The fraction of sp³-hybridized carbons (Fsp3) is 0.263. The second kappa shape index (κ2) is 6.41. The largest absolute Gasteiger partial charge is 0.496 e. The molecule has 5 nitrogen and oxygen atoms in total. The average molecular weight is 356 g/mol. The maximum atomic E-state index is 13.2. The molecule has 0 radical (unpaired) electrons. The van der Waals surface area contributed by atoms with Gasteiger partial charge >= 0.3 is 0 Å². The molecule has 0 spiro atoms. The van der Waals surface area contributed by atoms with Crippen LogP contribution < -0.4 is 4.74 Å². The van der Waals surface area contributed by atoms with Gasteiger partial charge in [-0.3, -0.25) is 4.79 Å². The number of benzene rings is 1. The van der Waals surface area contributed by atoms with Gasteiger partial charge < -0.3 is 14.0 Å². The molecule has 1 fully saturated rings. The number of nitrogens with zero attached hydrogens (tertiary/aromatic N) is 3. The Morgan fingerprint density at radius 3 is 2.96 bits per heavy atom. The molecule has 25 heavy (non-hydrogen) atoms. The van der Waals surface area contributed by atoms with Crippen LogP contribution in [0, 0.1) is 0 Å². The van der Waals surface area contributed by atoms with E-state index in [1.165, 1.54) is 0 Å². The first-order valence-electron chi connectivity index (χ1n) is 8.23. The Bertz CT molecular complexity index is 933. The number of ether oxygens (including phenoxy) is 1. The molecule has 0 N–H and O–H groups in total. The SMILES string of the molecule is COc1ccc(Cl)cc1C(=O)N(Cc1cnc2ccccn12)C1CC1. The van der Waals surface area contributed by atoms with E-state index in [4.69, 9.17) is 16.3 Å². The molecule has 2 aromatic heterocycles. The molecule has 0 atom stereocenters. The number of aromatic nitrogens is 2. The number of halogens is 1. The van der Waals surface area contributed by atoms with Crippen LogP contribution >= 0.6 is 11.6 Å². The summed E-state index contributed by atoms with van der Waals surface area (Å²) < 4.78 is 7.37. The molecule has 0 saturated heterocycles. The van der Waals surface area contributed by atoms with Crippen molar-refractivity contribution in [3.63, 3.8) is 0 Å². The van der Waals surface area contributed by atoms with Crippen molar-refractivity contribution in [2.45, 2.75) is 25.4 Å². The van der Waals surface area contributed by atoms with Crippen molar-refractivity contribution < 1.29 is 9.53 Å². The third-order valence-corrected chi connectivity index (χ3v) is 4.70. The van der Waals surface area contributed by atoms with Gasteiger partial charge in [0.05, 0.1) is 31.1 Å². The molecule has 0 bridgehead atoms. The first-order chi connectivity index (χ1) is 12.2. The number of rotatable bonds is 5. The first kappa shape index (κ1) is 16.0. The summed E-state index contributed by atoms with van der Waals surface area (Å²) in [7, 11) is 1.56. The lowest BCUT2D eigenvalue weighted by molar-refractivity contribution is 0.0724. The predicted molar refractivity (Wildman–Crippen MR) is 96.1 cm³/mol. The standard InChI is InChI=1S/C19H18ClN3O2/c1-25-17-8-5-13(20)10-16(17)19(24)23(14-6-7-14)12-15-11-21-18-4-2-3-9-22(15)18/h2-5,8-11,14H,6-7,12H2,1H3. The molecule has 1 aliphatic carbocycles. The van der Waals surface area contributed by atoms with E-state index in [1.54, 1.807) is 25.3 Å². The Labute approximate surface area is 150 Å². The van der Waals surface area contributed by atoms with Gasteiger partial charge in [-0.1, -0.05) is 17.7 Å². The summed E-state index contributed by atoms with van der Waals surface area (Å²) in [5.41, 5.74) is 2.36. The molecular weight excluding hydrogens is 338 g/mol. The molecular formula is C19H18ClN3O2. The van der Waals surface area contributed by atoms with Crippen LogP contribution in [0.1, 0.15) is 28.9 Å². The Morgan fingerprint density at radius 1 is 1.36 bits per heavy atom. The second-order valence-corrected chi connectivity index (χ2v) is 6.62. The number of imidazole rings is 1. The van der Waals surface area contributed by atoms with E-state index in [0.29, 0.717) is 22.9 Å². The third kappa shape index (κ3) is 3.07. The van der Waals surface area contributed by atoms with Crippen LogP contribution in [-0.4, -0.2) is 33.3 Å². The van der Waals surface area contributed by atoms with Gasteiger partial charge in [-0.05, 0) is 43.2 Å². The lowest BCUT2D eigenvalue weighted by Crippen LogP contribution is -2.33. The molecule has 0 unspecified atom stereocenters. The van der Waals surface area contributed by atoms with Crippen molar-refractivity contribution in [2.24, 2.45) is 0 Å². The molecule has 3 aromatic rings. The van der Waals surface area contributed by atoms with Crippen molar-refractivity contribution in [3.05, 3.63) is 65.1 Å². The number of amides is 1. The fourth-order valence-electron chi connectivity index (χ4n) is 3.03. The Hall–Kier alpha value is -2.53. The summed E-state index contributed by atoms with van der Waals surface area (Å²) in [6.07, 6.45) is 5.83. The zero-order valence-electron chi connectivity index (χ0n) is 13.9. The zero-order chi connectivity index (χ0) is 17.4. The maximum absolute atomic E-state index is 13.2. The van der Waals surface area contributed by atoms with Gasteiger partial charge in [0.15, 0.2) is 0 Å². The van der Waals surface area contributed by atoms with Gasteiger partial charge in [0.2, 0.25) is 0 Å². The predicted octanol–water partition coefficient (Wildman–Crippen LogP) is 3.80. The monoisotopic (exact) mass is 355 g/mol. The number of pyridine rings is 1. The van der Waals surface area contributed by atoms with Crippen molar-refractivity contribution in [1.29, 1.82) is 0 Å². The molecule has 6 heteroatoms. The number of hydrogen-bond donors (Lipinski definition) is 0.